The van der Waals surface area contributed by atoms with Crippen molar-refractivity contribution in [2.24, 2.45) is 5.41 Å². The highest BCUT2D eigenvalue weighted by atomic mass is 16.5. The van der Waals surface area contributed by atoms with Crippen LogP contribution in [-0.4, -0.2) is 6.54 Å². The highest BCUT2D eigenvalue weighted by molar-refractivity contribution is 4.60. The molecule has 0 aliphatic carbocycles. The number of rotatable bonds is 1. The lowest BCUT2D eigenvalue weighted by atomic mass is 9.98. The molecule has 0 aliphatic rings. The first-order chi connectivity index (χ1) is 3.06. The fraction of sp³-hybridized carbons (Fsp3) is 1.00. The van der Waals surface area contributed by atoms with Gasteiger partial charge in [-0.05, 0) is 5.41 Å². The molecular formula is C5H12NO. The Morgan fingerprint density at radius 3 is 1.86 bits per heavy atom. The molecule has 0 saturated heterocycles. The summed E-state index contributed by atoms with van der Waals surface area (Å²) in [5.41, 5.74) is 1.98. The van der Waals surface area contributed by atoms with E-state index in [-0.39, 0.29) is 5.41 Å². The number of hydroxylamine groups is 1. The van der Waals surface area contributed by atoms with Crippen LogP contribution in [0, 0.1) is 5.41 Å². The summed E-state index contributed by atoms with van der Waals surface area (Å²) in [6.45, 7) is 6.57. The average molecular weight is 102 g/mol. The first-order valence-electron chi connectivity index (χ1n) is 2.41. The predicted octanol–water partition coefficient (Wildman–Crippen LogP) is 0.968. The molecular weight excluding hydrogens is 90.1 g/mol. The fourth-order valence-electron chi connectivity index (χ4n) is 0.217. The van der Waals surface area contributed by atoms with Crippen LogP contribution in [-0.2, 0) is 5.21 Å². The smallest absolute Gasteiger partial charge is 0.0289 e. The van der Waals surface area contributed by atoms with Crippen LogP contribution < -0.4 is 5.48 Å². The summed E-state index contributed by atoms with van der Waals surface area (Å²) in [6, 6.07) is 0. The predicted molar refractivity (Wildman–Crippen MR) is 28.1 cm³/mol. The first kappa shape index (κ1) is 6.92. The molecule has 0 fully saturated rings. The Bertz CT molecular complexity index is 46.5. The van der Waals surface area contributed by atoms with Gasteiger partial charge in [-0.2, -0.15) is 5.48 Å². The molecule has 2 nitrogen and oxygen atoms in total. The van der Waals surface area contributed by atoms with Gasteiger partial charge < -0.3 is 0 Å². The molecule has 0 rings (SSSR count). The van der Waals surface area contributed by atoms with Crippen molar-refractivity contribution in [3.63, 3.8) is 0 Å². The van der Waals surface area contributed by atoms with Crippen LogP contribution in [0.25, 0.3) is 0 Å². The van der Waals surface area contributed by atoms with Crippen LogP contribution in [0.3, 0.4) is 0 Å². The van der Waals surface area contributed by atoms with E-state index in [1.807, 2.05) is 26.3 Å². The van der Waals surface area contributed by atoms with Gasteiger partial charge in [-0.25, -0.2) is 0 Å². The van der Waals surface area contributed by atoms with Crippen LogP contribution in [0.5, 0.6) is 0 Å². The van der Waals surface area contributed by atoms with Gasteiger partial charge in [0.1, 0.15) is 0 Å². The molecule has 1 N–H and O–H groups in total. The van der Waals surface area contributed by atoms with Crippen molar-refractivity contribution in [2.75, 3.05) is 6.54 Å². The topological polar surface area (TPSA) is 31.9 Å². The van der Waals surface area contributed by atoms with E-state index in [1.165, 1.54) is 0 Å². The molecule has 0 aromatic heterocycles. The van der Waals surface area contributed by atoms with E-state index in [0.29, 0.717) is 6.54 Å². The zero-order chi connectivity index (χ0) is 5.91. The van der Waals surface area contributed by atoms with E-state index in [9.17, 15) is 5.21 Å². The fourth-order valence-corrected chi connectivity index (χ4v) is 0.217. The zero-order valence-electron chi connectivity index (χ0n) is 5.12. The van der Waals surface area contributed by atoms with Gasteiger partial charge in [0.15, 0.2) is 0 Å². The van der Waals surface area contributed by atoms with Crippen molar-refractivity contribution < 1.29 is 5.21 Å². The van der Waals surface area contributed by atoms with Crippen molar-refractivity contribution in [3.8, 4) is 0 Å². The summed E-state index contributed by atoms with van der Waals surface area (Å²) in [6.07, 6.45) is 0. The summed E-state index contributed by atoms with van der Waals surface area (Å²) in [7, 11) is 0. The highest BCUT2D eigenvalue weighted by Gasteiger charge is 2.07. The third kappa shape index (κ3) is 5.92. The Hall–Kier alpha value is -0.0800. The molecule has 0 spiro atoms. The van der Waals surface area contributed by atoms with Gasteiger partial charge in [-0.3, -0.25) is 0 Å². The summed E-state index contributed by atoms with van der Waals surface area (Å²) in [5, 5.41) is 9.70. The lowest BCUT2D eigenvalue weighted by Gasteiger charge is -2.14. The van der Waals surface area contributed by atoms with E-state index >= 15 is 0 Å². The van der Waals surface area contributed by atoms with Gasteiger partial charge in [0.2, 0.25) is 0 Å². The second kappa shape index (κ2) is 2.28. The monoisotopic (exact) mass is 102 g/mol. The van der Waals surface area contributed by atoms with E-state index < -0.39 is 0 Å². The van der Waals surface area contributed by atoms with Gasteiger partial charge in [0, 0.05) is 6.54 Å². The molecule has 2 heteroatoms. The Morgan fingerprint density at radius 2 is 1.86 bits per heavy atom. The average Bonchev–Trinajstić information content (AvgIpc) is 1.30. The van der Waals surface area contributed by atoms with Crippen molar-refractivity contribution in [2.45, 2.75) is 20.8 Å². The Labute approximate surface area is 44.5 Å². The highest BCUT2D eigenvalue weighted by Crippen LogP contribution is 2.09. The molecule has 1 radical (unpaired) electrons. The second-order valence-electron chi connectivity index (χ2n) is 2.88. The van der Waals surface area contributed by atoms with Crippen molar-refractivity contribution in [1.82, 2.24) is 5.48 Å². The molecule has 0 heterocycles. The molecule has 0 bridgehead atoms. The molecule has 0 aliphatic heterocycles. The Kier molecular flexibility index (Phi) is 2.26. The molecule has 43 valence electrons. The molecule has 0 saturated carbocycles. The maximum atomic E-state index is 9.70. The molecule has 0 aromatic carbocycles. The van der Waals surface area contributed by atoms with Gasteiger partial charge in [-0.15, -0.1) is 5.21 Å². The number of nitrogens with one attached hydrogen (secondary N) is 1. The minimum Gasteiger partial charge on any atom is -0.167 e. The minimum atomic E-state index is 0.127. The van der Waals surface area contributed by atoms with Crippen LogP contribution in [0.15, 0.2) is 0 Å². The summed E-state index contributed by atoms with van der Waals surface area (Å²) >= 11 is 0. The lowest BCUT2D eigenvalue weighted by Crippen LogP contribution is -2.22. The minimum absolute atomic E-state index is 0.127. The molecule has 0 atom stereocenters. The second-order valence-corrected chi connectivity index (χ2v) is 2.88. The molecule has 0 aromatic rings. The number of hydrogen-bond acceptors (Lipinski definition) is 1. The Morgan fingerprint density at radius 1 is 1.43 bits per heavy atom. The third-order valence-electron chi connectivity index (χ3n) is 0.602. The van der Waals surface area contributed by atoms with Gasteiger partial charge in [0.05, 0.1) is 0 Å². The molecule has 7 heavy (non-hydrogen) atoms. The summed E-state index contributed by atoms with van der Waals surface area (Å²) in [4.78, 5) is 0. The maximum Gasteiger partial charge on any atom is 0.0289 e. The van der Waals surface area contributed by atoms with Gasteiger partial charge >= 0.3 is 0 Å². The van der Waals surface area contributed by atoms with Crippen LogP contribution in [0.1, 0.15) is 20.8 Å². The first-order valence-corrected chi connectivity index (χ1v) is 2.41. The number of hydrogen-bond donors (Lipinski definition) is 1. The van der Waals surface area contributed by atoms with E-state index in [2.05, 4.69) is 0 Å². The van der Waals surface area contributed by atoms with E-state index in [4.69, 9.17) is 0 Å². The maximum absolute atomic E-state index is 9.70. The van der Waals surface area contributed by atoms with Crippen molar-refractivity contribution in [1.29, 1.82) is 0 Å². The molecule has 0 unspecified atom stereocenters. The van der Waals surface area contributed by atoms with Crippen LogP contribution in [0.2, 0.25) is 0 Å². The molecule has 0 amide bonds. The van der Waals surface area contributed by atoms with Crippen LogP contribution in [0.4, 0.5) is 0 Å². The van der Waals surface area contributed by atoms with Gasteiger partial charge in [-0.1, -0.05) is 20.8 Å². The van der Waals surface area contributed by atoms with Crippen molar-refractivity contribution in [3.05, 3.63) is 0 Å². The normalized spacial score (nSPS) is 12.0. The standard InChI is InChI=1S/C5H12NO/c1-5(2,3)4-6-7/h6H,4H2,1-3H3. The van der Waals surface area contributed by atoms with Gasteiger partial charge in [0.25, 0.3) is 0 Å². The van der Waals surface area contributed by atoms with E-state index in [0.717, 1.165) is 0 Å². The third-order valence-corrected chi connectivity index (χ3v) is 0.602. The SMILES string of the molecule is CC(C)(C)CN[O]. The Balaban J connectivity index is 3.15. The van der Waals surface area contributed by atoms with E-state index in [1.54, 1.807) is 0 Å². The quantitative estimate of drug-likeness (QED) is 0.491. The van der Waals surface area contributed by atoms with Crippen molar-refractivity contribution >= 4 is 0 Å². The zero-order valence-corrected chi connectivity index (χ0v) is 5.12. The largest absolute Gasteiger partial charge is 0.167 e. The summed E-state index contributed by atoms with van der Waals surface area (Å²) in [5.74, 6) is 0. The summed E-state index contributed by atoms with van der Waals surface area (Å²) < 4.78 is 0. The van der Waals surface area contributed by atoms with Crippen LogP contribution >= 0.6 is 0 Å². The lowest BCUT2D eigenvalue weighted by molar-refractivity contribution is 0.0528.